The molecule has 1 atom stereocenters. The Morgan fingerprint density at radius 2 is 1.84 bits per heavy atom. The molecule has 0 spiro atoms. The van der Waals surface area contributed by atoms with E-state index in [1.807, 2.05) is 12.1 Å². The van der Waals surface area contributed by atoms with E-state index in [1.165, 1.54) is 0 Å². The van der Waals surface area contributed by atoms with E-state index in [2.05, 4.69) is 31.2 Å². The van der Waals surface area contributed by atoms with Crippen molar-refractivity contribution in [2.75, 3.05) is 13.1 Å². The van der Waals surface area contributed by atoms with Crippen LogP contribution in [0.5, 0.6) is 0 Å². The third-order valence-electron chi connectivity index (χ3n) is 3.78. The van der Waals surface area contributed by atoms with Gasteiger partial charge in [-0.25, -0.2) is 4.79 Å². The van der Waals surface area contributed by atoms with Crippen molar-refractivity contribution < 1.29 is 5.11 Å². The Labute approximate surface area is 118 Å². The standard InChI is InChI=1S/C13H16BrN3O2/c14-9-6-11-10(16-13(19)17-11)5-8(9)12(18)7-1-3-15-4-2-7/h5-7,12,15,18H,1-4H2,(H2,16,17,19). The number of aromatic amines is 2. The maximum absolute atomic E-state index is 11.3. The average Bonchev–Trinajstić information content (AvgIpc) is 2.77. The van der Waals surface area contributed by atoms with Crippen LogP contribution in [0, 0.1) is 5.92 Å². The molecule has 1 aliphatic rings. The van der Waals surface area contributed by atoms with Crippen molar-refractivity contribution in [1.29, 1.82) is 0 Å². The van der Waals surface area contributed by atoms with Gasteiger partial charge in [0.25, 0.3) is 0 Å². The summed E-state index contributed by atoms with van der Waals surface area (Å²) in [5.41, 5.74) is 2.10. The summed E-state index contributed by atoms with van der Waals surface area (Å²) < 4.78 is 0.835. The van der Waals surface area contributed by atoms with Crippen LogP contribution >= 0.6 is 15.9 Å². The van der Waals surface area contributed by atoms with E-state index in [-0.39, 0.29) is 11.6 Å². The highest BCUT2D eigenvalue weighted by Gasteiger charge is 2.25. The van der Waals surface area contributed by atoms with Gasteiger partial charge in [0.15, 0.2) is 0 Å². The highest BCUT2D eigenvalue weighted by molar-refractivity contribution is 9.10. The van der Waals surface area contributed by atoms with E-state index in [4.69, 9.17) is 0 Å². The summed E-state index contributed by atoms with van der Waals surface area (Å²) >= 11 is 3.48. The molecular formula is C13H16BrN3O2. The quantitative estimate of drug-likeness (QED) is 0.677. The van der Waals surface area contributed by atoms with E-state index in [0.717, 1.165) is 47.0 Å². The Morgan fingerprint density at radius 1 is 1.21 bits per heavy atom. The van der Waals surface area contributed by atoms with Crippen molar-refractivity contribution in [2.24, 2.45) is 5.92 Å². The Morgan fingerprint density at radius 3 is 2.53 bits per heavy atom. The van der Waals surface area contributed by atoms with Crippen LogP contribution in [0.25, 0.3) is 11.0 Å². The first-order chi connectivity index (χ1) is 9.15. The minimum Gasteiger partial charge on any atom is -0.388 e. The summed E-state index contributed by atoms with van der Waals surface area (Å²) in [6.07, 6.45) is 1.43. The van der Waals surface area contributed by atoms with E-state index in [0.29, 0.717) is 0 Å². The topological polar surface area (TPSA) is 80.9 Å². The van der Waals surface area contributed by atoms with Crippen molar-refractivity contribution in [3.8, 4) is 0 Å². The van der Waals surface area contributed by atoms with Crippen molar-refractivity contribution in [3.63, 3.8) is 0 Å². The van der Waals surface area contributed by atoms with Gasteiger partial charge >= 0.3 is 5.69 Å². The number of hydrogen-bond donors (Lipinski definition) is 4. The zero-order valence-electron chi connectivity index (χ0n) is 10.4. The molecule has 1 aliphatic heterocycles. The third kappa shape index (κ3) is 2.48. The lowest BCUT2D eigenvalue weighted by atomic mass is 9.88. The molecule has 1 aromatic carbocycles. The minimum absolute atomic E-state index is 0.226. The van der Waals surface area contributed by atoms with E-state index in [1.54, 1.807) is 0 Å². The molecule has 1 aromatic heterocycles. The second kappa shape index (κ2) is 5.11. The molecule has 0 amide bonds. The normalized spacial score (nSPS) is 18.8. The second-order valence-electron chi connectivity index (χ2n) is 5.03. The molecule has 1 unspecified atom stereocenters. The second-order valence-corrected chi connectivity index (χ2v) is 5.89. The minimum atomic E-state index is -0.501. The summed E-state index contributed by atoms with van der Waals surface area (Å²) in [4.78, 5) is 16.7. The van der Waals surface area contributed by atoms with Gasteiger partial charge in [0.2, 0.25) is 0 Å². The molecule has 1 saturated heterocycles. The first-order valence-electron chi connectivity index (χ1n) is 6.45. The number of halogens is 1. The Kier molecular flexibility index (Phi) is 3.47. The number of H-pyrrole nitrogens is 2. The summed E-state index contributed by atoms with van der Waals surface area (Å²) in [6.45, 7) is 1.89. The molecule has 5 nitrogen and oxygen atoms in total. The fourth-order valence-electron chi connectivity index (χ4n) is 2.71. The van der Waals surface area contributed by atoms with Gasteiger partial charge in [-0.3, -0.25) is 0 Å². The average molecular weight is 326 g/mol. The highest BCUT2D eigenvalue weighted by atomic mass is 79.9. The molecule has 2 aromatic rings. The zero-order valence-corrected chi connectivity index (χ0v) is 12.0. The van der Waals surface area contributed by atoms with Crippen LogP contribution in [0.4, 0.5) is 0 Å². The number of aliphatic hydroxyl groups excluding tert-OH is 1. The zero-order chi connectivity index (χ0) is 13.4. The van der Waals surface area contributed by atoms with Gasteiger partial charge in [-0.05, 0) is 49.5 Å². The number of aliphatic hydroxyl groups is 1. The van der Waals surface area contributed by atoms with Gasteiger partial charge in [-0.2, -0.15) is 0 Å². The molecule has 0 aliphatic carbocycles. The Hall–Kier alpha value is -1.11. The molecule has 2 heterocycles. The Bertz CT molecular complexity index is 643. The summed E-state index contributed by atoms with van der Waals surface area (Å²) in [7, 11) is 0. The molecule has 0 saturated carbocycles. The molecule has 0 radical (unpaired) electrons. The number of hydrogen-bond acceptors (Lipinski definition) is 3. The highest BCUT2D eigenvalue weighted by Crippen LogP contribution is 2.34. The first-order valence-corrected chi connectivity index (χ1v) is 7.24. The van der Waals surface area contributed by atoms with Crippen LogP contribution in [0.2, 0.25) is 0 Å². The maximum Gasteiger partial charge on any atom is 0.323 e. The van der Waals surface area contributed by atoms with E-state index >= 15 is 0 Å². The predicted molar refractivity (Wildman–Crippen MR) is 77.2 cm³/mol. The number of piperidine rings is 1. The van der Waals surface area contributed by atoms with E-state index in [9.17, 15) is 9.90 Å². The molecule has 4 N–H and O–H groups in total. The van der Waals surface area contributed by atoms with Crippen molar-refractivity contribution in [2.45, 2.75) is 18.9 Å². The maximum atomic E-state index is 11.3. The van der Waals surface area contributed by atoms with Crippen molar-refractivity contribution in [3.05, 3.63) is 32.7 Å². The lowest BCUT2D eigenvalue weighted by Gasteiger charge is -2.28. The number of aromatic nitrogens is 2. The number of rotatable bonds is 2. The number of nitrogens with one attached hydrogen (secondary N) is 3. The summed E-state index contributed by atoms with van der Waals surface area (Å²) in [5, 5.41) is 13.8. The largest absolute Gasteiger partial charge is 0.388 e. The van der Waals surface area contributed by atoms with Crippen LogP contribution in [0.1, 0.15) is 24.5 Å². The van der Waals surface area contributed by atoms with Gasteiger partial charge in [0.05, 0.1) is 17.1 Å². The number of benzene rings is 1. The van der Waals surface area contributed by atoms with Gasteiger partial charge < -0.3 is 20.4 Å². The molecule has 102 valence electrons. The van der Waals surface area contributed by atoms with Gasteiger partial charge in [-0.15, -0.1) is 0 Å². The SMILES string of the molecule is O=c1[nH]c2cc(Br)c(C(O)C3CCNCC3)cc2[nH]1. The predicted octanol–water partition coefficient (Wildman–Crippen LogP) is 1.65. The monoisotopic (exact) mass is 325 g/mol. The number of imidazole rings is 1. The summed E-state index contributed by atoms with van der Waals surface area (Å²) in [5.74, 6) is 0.265. The van der Waals surface area contributed by atoms with Crippen molar-refractivity contribution >= 4 is 27.0 Å². The van der Waals surface area contributed by atoms with Gasteiger partial charge in [0.1, 0.15) is 0 Å². The molecule has 3 rings (SSSR count). The molecule has 1 fully saturated rings. The van der Waals surface area contributed by atoms with Crippen LogP contribution in [0.3, 0.4) is 0 Å². The molecule has 6 heteroatoms. The van der Waals surface area contributed by atoms with Gasteiger partial charge in [0, 0.05) is 4.47 Å². The Balaban J connectivity index is 1.98. The smallest absolute Gasteiger partial charge is 0.323 e. The molecule has 0 bridgehead atoms. The third-order valence-corrected chi connectivity index (χ3v) is 4.47. The first kappa shape index (κ1) is 12.9. The lowest BCUT2D eigenvalue weighted by Crippen LogP contribution is -2.30. The molecular weight excluding hydrogens is 310 g/mol. The fourth-order valence-corrected chi connectivity index (χ4v) is 3.29. The van der Waals surface area contributed by atoms with Crippen LogP contribution in [-0.4, -0.2) is 28.2 Å². The lowest BCUT2D eigenvalue weighted by molar-refractivity contribution is 0.0884. The van der Waals surface area contributed by atoms with Crippen LogP contribution < -0.4 is 11.0 Å². The number of fused-ring (bicyclic) bond motifs is 1. The van der Waals surface area contributed by atoms with E-state index < -0.39 is 6.10 Å². The molecule has 19 heavy (non-hydrogen) atoms. The van der Waals surface area contributed by atoms with Crippen LogP contribution in [-0.2, 0) is 0 Å². The van der Waals surface area contributed by atoms with Gasteiger partial charge in [-0.1, -0.05) is 15.9 Å². The summed E-state index contributed by atoms with van der Waals surface area (Å²) in [6, 6.07) is 3.69. The fraction of sp³-hybridized carbons (Fsp3) is 0.462. The van der Waals surface area contributed by atoms with Crippen molar-refractivity contribution in [1.82, 2.24) is 15.3 Å². The van der Waals surface area contributed by atoms with Crippen LogP contribution in [0.15, 0.2) is 21.4 Å².